The van der Waals surface area contributed by atoms with Gasteiger partial charge in [0.15, 0.2) is 0 Å². The highest BCUT2D eigenvalue weighted by molar-refractivity contribution is 7.99. The van der Waals surface area contributed by atoms with E-state index in [-0.39, 0.29) is 0 Å². The minimum atomic E-state index is 0.671. The molecule has 0 bridgehead atoms. The van der Waals surface area contributed by atoms with Gasteiger partial charge in [-0.2, -0.15) is 16.9 Å². The van der Waals surface area contributed by atoms with Gasteiger partial charge in [-0.25, -0.2) is 0 Å². The van der Waals surface area contributed by atoms with Gasteiger partial charge in [0.2, 0.25) is 0 Å². The monoisotopic (exact) mass is 265 g/mol. The standard InChI is InChI=1S/C14H23N3S/c1-2-4-14(3-1)17-8-5-13(16-17)11-15-12-6-9-18-10-7-12/h5,8,12,14-15H,1-4,6-7,9-11H2. The third-order valence-electron chi connectivity index (χ3n) is 4.16. The zero-order chi connectivity index (χ0) is 12.2. The fourth-order valence-electron chi connectivity index (χ4n) is 2.99. The van der Waals surface area contributed by atoms with Crippen LogP contribution < -0.4 is 5.32 Å². The van der Waals surface area contributed by atoms with E-state index in [2.05, 4.69) is 34.0 Å². The lowest BCUT2D eigenvalue weighted by Gasteiger charge is -2.22. The second-order valence-corrected chi connectivity index (χ2v) is 6.72. The van der Waals surface area contributed by atoms with Gasteiger partial charge in [0.25, 0.3) is 0 Å². The Balaban J connectivity index is 1.50. The van der Waals surface area contributed by atoms with Gasteiger partial charge in [-0.05, 0) is 43.3 Å². The number of rotatable bonds is 4. The van der Waals surface area contributed by atoms with Crippen molar-refractivity contribution in [1.29, 1.82) is 0 Å². The molecule has 1 saturated heterocycles. The van der Waals surface area contributed by atoms with E-state index in [1.165, 1.54) is 55.7 Å². The van der Waals surface area contributed by atoms with Gasteiger partial charge in [0.1, 0.15) is 0 Å². The first-order valence-electron chi connectivity index (χ1n) is 7.27. The first-order chi connectivity index (χ1) is 8.92. The van der Waals surface area contributed by atoms with Gasteiger partial charge in [0, 0.05) is 18.8 Å². The number of hydrogen-bond donors (Lipinski definition) is 1. The van der Waals surface area contributed by atoms with Crippen LogP contribution in [-0.4, -0.2) is 27.3 Å². The highest BCUT2D eigenvalue weighted by atomic mass is 32.2. The van der Waals surface area contributed by atoms with Crippen molar-refractivity contribution in [2.24, 2.45) is 0 Å². The van der Waals surface area contributed by atoms with E-state index >= 15 is 0 Å². The quantitative estimate of drug-likeness (QED) is 0.907. The molecule has 0 radical (unpaired) electrons. The van der Waals surface area contributed by atoms with Crippen molar-refractivity contribution in [1.82, 2.24) is 15.1 Å². The summed E-state index contributed by atoms with van der Waals surface area (Å²) in [4.78, 5) is 0. The molecule has 0 amide bonds. The highest BCUT2D eigenvalue weighted by Crippen LogP contribution is 2.28. The summed E-state index contributed by atoms with van der Waals surface area (Å²) in [6, 6.07) is 3.57. The Morgan fingerprint density at radius 3 is 2.78 bits per heavy atom. The maximum absolute atomic E-state index is 4.73. The molecular weight excluding hydrogens is 242 g/mol. The van der Waals surface area contributed by atoms with Crippen molar-refractivity contribution < 1.29 is 0 Å². The zero-order valence-electron chi connectivity index (χ0n) is 11.0. The van der Waals surface area contributed by atoms with E-state index in [0.29, 0.717) is 12.1 Å². The maximum Gasteiger partial charge on any atom is 0.0762 e. The van der Waals surface area contributed by atoms with Crippen LogP contribution in [0.15, 0.2) is 12.3 Å². The molecule has 0 aromatic carbocycles. The Kier molecular flexibility index (Phi) is 4.26. The Hall–Kier alpha value is -0.480. The SMILES string of the molecule is c1cn(C2CCCC2)nc1CNC1CCSCC1. The van der Waals surface area contributed by atoms with E-state index in [1.54, 1.807) is 0 Å². The molecule has 0 unspecified atom stereocenters. The number of nitrogens with zero attached hydrogens (tertiary/aromatic N) is 2. The molecule has 3 rings (SSSR count). The second kappa shape index (κ2) is 6.11. The minimum absolute atomic E-state index is 0.671. The van der Waals surface area contributed by atoms with Crippen LogP contribution in [0.3, 0.4) is 0 Å². The van der Waals surface area contributed by atoms with Crippen LogP contribution in [0.1, 0.15) is 50.3 Å². The average molecular weight is 265 g/mol. The molecule has 1 aromatic heterocycles. The topological polar surface area (TPSA) is 29.9 Å². The number of aromatic nitrogens is 2. The van der Waals surface area contributed by atoms with Crippen LogP contribution in [0.2, 0.25) is 0 Å². The molecule has 100 valence electrons. The van der Waals surface area contributed by atoms with Gasteiger partial charge < -0.3 is 5.32 Å². The van der Waals surface area contributed by atoms with Crippen molar-refractivity contribution in [3.05, 3.63) is 18.0 Å². The number of thioether (sulfide) groups is 1. The predicted octanol–water partition coefficient (Wildman–Crippen LogP) is 2.98. The Labute approximate surface area is 114 Å². The summed E-state index contributed by atoms with van der Waals surface area (Å²) in [5, 5.41) is 8.38. The molecule has 4 heteroatoms. The predicted molar refractivity (Wildman–Crippen MR) is 76.9 cm³/mol. The lowest BCUT2D eigenvalue weighted by molar-refractivity contribution is 0.448. The molecule has 1 saturated carbocycles. The summed E-state index contributed by atoms with van der Waals surface area (Å²) < 4.78 is 2.20. The van der Waals surface area contributed by atoms with Crippen molar-refractivity contribution in [3.63, 3.8) is 0 Å². The lowest BCUT2D eigenvalue weighted by atomic mass is 10.1. The van der Waals surface area contributed by atoms with Crippen LogP contribution >= 0.6 is 11.8 Å². The van der Waals surface area contributed by atoms with E-state index in [1.807, 2.05) is 0 Å². The molecule has 2 aliphatic rings. The van der Waals surface area contributed by atoms with Crippen LogP contribution in [0.5, 0.6) is 0 Å². The maximum atomic E-state index is 4.73. The Morgan fingerprint density at radius 1 is 1.22 bits per heavy atom. The number of hydrogen-bond acceptors (Lipinski definition) is 3. The summed E-state index contributed by atoms with van der Waals surface area (Å²) in [6.07, 6.45) is 10.2. The zero-order valence-corrected chi connectivity index (χ0v) is 11.8. The van der Waals surface area contributed by atoms with Crippen LogP contribution in [0.25, 0.3) is 0 Å². The summed E-state index contributed by atoms with van der Waals surface area (Å²) in [5.41, 5.74) is 1.21. The van der Waals surface area contributed by atoms with Crippen molar-refractivity contribution in [3.8, 4) is 0 Å². The molecule has 1 aliphatic heterocycles. The van der Waals surface area contributed by atoms with E-state index in [0.717, 1.165) is 6.54 Å². The lowest BCUT2D eigenvalue weighted by Crippen LogP contribution is -2.32. The van der Waals surface area contributed by atoms with Crippen LogP contribution in [0.4, 0.5) is 0 Å². The molecule has 0 atom stereocenters. The summed E-state index contributed by atoms with van der Waals surface area (Å²) >= 11 is 2.08. The van der Waals surface area contributed by atoms with Gasteiger partial charge in [-0.3, -0.25) is 4.68 Å². The van der Waals surface area contributed by atoms with Crippen molar-refractivity contribution in [2.75, 3.05) is 11.5 Å². The molecule has 2 fully saturated rings. The van der Waals surface area contributed by atoms with Crippen LogP contribution in [-0.2, 0) is 6.54 Å². The molecule has 18 heavy (non-hydrogen) atoms. The minimum Gasteiger partial charge on any atom is -0.308 e. The van der Waals surface area contributed by atoms with Crippen LogP contribution in [0, 0.1) is 0 Å². The summed E-state index contributed by atoms with van der Waals surface area (Å²) in [6.45, 7) is 0.940. The summed E-state index contributed by atoms with van der Waals surface area (Å²) in [5.74, 6) is 2.63. The first-order valence-corrected chi connectivity index (χ1v) is 8.42. The van der Waals surface area contributed by atoms with E-state index in [4.69, 9.17) is 5.10 Å². The fourth-order valence-corrected chi connectivity index (χ4v) is 4.10. The Morgan fingerprint density at radius 2 is 2.00 bits per heavy atom. The number of nitrogens with one attached hydrogen (secondary N) is 1. The van der Waals surface area contributed by atoms with Gasteiger partial charge in [-0.1, -0.05) is 12.8 Å². The molecule has 0 spiro atoms. The molecule has 1 N–H and O–H groups in total. The third-order valence-corrected chi connectivity index (χ3v) is 5.20. The Bertz CT molecular complexity index is 365. The van der Waals surface area contributed by atoms with Crippen molar-refractivity contribution in [2.45, 2.75) is 57.2 Å². The first kappa shape index (κ1) is 12.5. The summed E-state index contributed by atoms with van der Waals surface area (Å²) in [7, 11) is 0. The van der Waals surface area contributed by atoms with E-state index < -0.39 is 0 Å². The molecule has 3 nitrogen and oxygen atoms in total. The average Bonchev–Trinajstić information content (AvgIpc) is 3.08. The van der Waals surface area contributed by atoms with Gasteiger partial charge >= 0.3 is 0 Å². The normalized spacial score (nSPS) is 22.7. The molecular formula is C14H23N3S. The van der Waals surface area contributed by atoms with Crippen molar-refractivity contribution >= 4 is 11.8 Å². The molecule has 1 aromatic rings. The highest BCUT2D eigenvalue weighted by Gasteiger charge is 2.18. The third kappa shape index (κ3) is 3.09. The second-order valence-electron chi connectivity index (χ2n) is 5.49. The molecule has 1 aliphatic carbocycles. The molecule has 2 heterocycles. The van der Waals surface area contributed by atoms with Gasteiger partial charge in [-0.15, -0.1) is 0 Å². The fraction of sp³-hybridized carbons (Fsp3) is 0.786. The largest absolute Gasteiger partial charge is 0.308 e. The van der Waals surface area contributed by atoms with Gasteiger partial charge in [0.05, 0.1) is 11.7 Å². The smallest absolute Gasteiger partial charge is 0.0762 e. The van der Waals surface area contributed by atoms with E-state index in [9.17, 15) is 0 Å².